The van der Waals surface area contributed by atoms with E-state index in [1.54, 1.807) is 60.7 Å². The van der Waals surface area contributed by atoms with E-state index in [2.05, 4.69) is 10.6 Å². The van der Waals surface area contributed by atoms with Crippen molar-refractivity contribution in [3.63, 3.8) is 0 Å². The van der Waals surface area contributed by atoms with E-state index in [1.165, 1.54) is 7.11 Å². The molecule has 0 heterocycles. The van der Waals surface area contributed by atoms with Crippen LogP contribution in [-0.2, 0) is 20.7 Å². The second-order valence-electron chi connectivity index (χ2n) is 8.13. The Labute approximate surface area is 205 Å². The average Bonchev–Trinajstić information content (AvgIpc) is 2.91. The van der Waals surface area contributed by atoms with E-state index in [0.29, 0.717) is 24.0 Å². The van der Waals surface area contributed by atoms with Crippen molar-refractivity contribution in [1.29, 1.82) is 0 Å². The Morgan fingerprint density at radius 2 is 1.40 bits per heavy atom. The van der Waals surface area contributed by atoms with E-state index in [-0.39, 0.29) is 0 Å². The first-order chi connectivity index (χ1) is 17.0. The Hall–Kier alpha value is -3.97. The van der Waals surface area contributed by atoms with Gasteiger partial charge in [0.2, 0.25) is 0 Å². The summed E-state index contributed by atoms with van der Waals surface area (Å²) in [5.74, 6) is -1.80. The molecule has 0 bridgehead atoms. The van der Waals surface area contributed by atoms with E-state index in [4.69, 9.17) is 4.74 Å². The summed E-state index contributed by atoms with van der Waals surface area (Å²) in [5.41, 5.74) is 2.07. The Kier molecular flexibility index (Phi) is 9.57. The van der Waals surface area contributed by atoms with Crippen LogP contribution in [0.3, 0.4) is 0 Å². The number of hydrogen-bond donors (Lipinski definition) is 3. The molecule has 35 heavy (non-hydrogen) atoms. The SMILES string of the molecule is COC(=O)[C@@H](CCCc1ccccc1)NC(=O)[C@H](O)[C@@H](NC(=O)c1ccccc1)c1ccccc1. The van der Waals surface area contributed by atoms with Gasteiger partial charge in [0, 0.05) is 5.56 Å². The van der Waals surface area contributed by atoms with Gasteiger partial charge in [-0.25, -0.2) is 4.79 Å². The molecule has 3 N–H and O–H groups in total. The minimum Gasteiger partial charge on any atom is -0.467 e. The maximum atomic E-state index is 13.0. The van der Waals surface area contributed by atoms with Crippen molar-refractivity contribution in [2.45, 2.75) is 37.5 Å². The van der Waals surface area contributed by atoms with E-state index < -0.39 is 36.0 Å². The molecular formula is C28H30N2O5. The van der Waals surface area contributed by atoms with Gasteiger partial charge in [-0.1, -0.05) is 78.9 Å². The summed E-state index contributed by atoms with van der Waals surface area (Å²) >= 11 is 0. The van der Waals surface area contributed by atoms with Crippen LogP contribution in [0.2, 0.25) is 0 Å². The van der Waals surface area contributed by atoms with Crippen LogP contribution >= 0.6 is 0 Å². The lowest BCUT2D eigenvalue weighted by Crippen LogP contribution is -2.50. The Bertz CT molecular complexity index is 1090. The molecule has 3 rings (SSSR count). The summed E-state index contributed by atoms with van der Waals surface area (Å²) in [6.45, 7) is 0. The van der Waals surface area contributed by atoms with Gasteiger partial charge in [-0.2, -0.15) is 0 Å². The molecule has 0 aliphatic carbocycles. The summed E-state index contributed by atoms with van der Waals surface area (Å²) < 4.78 is 4.86. The van der Waals surface area contributed by atoms with E-state index >= 15 is 0 Å². The highest BCUT2D eigenvalue weighted by molar-refractivity contribution is 5.95. The zero-order valence-electron chi connectivity index (χ0n) is 19.6. The lowest BCUT2D eigenvalue weighted by atomic mass is 9.99. The van der Waals surface area contributed by atoms with E-state index in [0.717, 1.165) is 12.0 Å². The third-order valence-corrected chi connectivity index (χ3v) is 5.67. The Morgan fingerprint density at radius 1 is 0.829 bits per heavy atom. The topological polar surface area (TPSA) is 105 Å². The maximum absolute atomic E-state index is 13.0. The number of carbonyl (C=O) groups is 3. The van der Waals surface area contributed by atoms with Crippen molar-refractivity contribution in [2.75, 3.05) is 7.11 Å². The molecule has 0 saturated carbocycles. The first kappa shape index (κ1) is 25.6. The van der Waals surface area contributed by atoms with Gasteiger partial charge in [0.25, 0.3) is 11.8 Å². The summed E-state index contributed by atoms with van der Waals surface area (Å²) in [6.07, 6.45) is 0.0673. The first-order valence-corrected chi connectivity index (χ1v) is 11.5. The van der Waals surface area contributed by atoms with Crippen molar-refractivity contribution in [1.82, 2.24) is 10.6 Å². The van der Waals surface area contributed by atoms with Crippen LogP contribution in [-0.4, -0.2) is 42.1 Å². The zero-order valence-corrected chi connectivity index (χ0v) is 19.6. The van der Waals surface area contributed by atoms with Gasteiger partial charge < -0.3 is 20.5 Å². The van der Waals surface area contributed by atoms with Gasteiger partial charge >= 0.3 is 5.97 Å². The van der Waals surface area contributed by atoms with Crippen molar-refractivity contribution < 1.29 is 24.2 Å². The van der Waals surface area contributed by atoms with Gasteiger partial charge in [-0.05, 0) is 42.5 Å². The third kappa shape index (κ3) is 7.52. The molecule has 182 valence electrons. The number of aliphatic hydroxyl groups excluding tert-OH is 1. The smallest absolute Gasteiger partial charge is 0.328 e. The van der Waals surface area contributed by atoms with Crippen molar-refractivity contribution in [2.24, 2.45) is 0 Å². The Balaban J connectivity index is 1.71. The van der Waals surface area contributed by atoms with Crippen molar-refractivity contribution in [3.05, 3.63) is 108 Å². The molecule has 3 aromatic carbocycles. The lowest BCUT2D eigenvalue weighted by molar-refractivity contribution is -0.146. The molecule has 0 fully saturated rings. The van der Waals surface area contributed by atoms with Gasteiger partial charge in [-0.15, -0.1) is 0 Å². The average molecular weight is 475 g/mol. The summed E-state index contributed by atoms with van der Waals surface area (Å²) in [5, 5.41) is 16.3. The molecule has 2 amide bonds. The van der Waals surface area contributed by atoms with Gasteiger partial charge in [0.05, 0.1) is 13.2 Å². The number of nitrogens with one attached hydrogen (secondary N) is 2. The molecule has 7 nitrogen and oxygen atoms in total. The van der Waals surface area contributed by atoms with Crippen LogP contribution in [0.1, 0.15) is 40.4 Å². The molecule has 0 aliphatic heterocycles. The van der Waals surface area contributed by atoms with Gasteiger partial charge in [0.15, 0.2) is 6.10 Å². The molecule has 0 spiro atoms. The van der Waals surface area contributed by atoms with Crippen LogP contribution in [0, 0.1) is 0 Å². The van der Waals surface area contributed by atoms with Crippen molar-refractivity contribution >= 4 is 17.8 Å². The standard InChI is InChI=1S/C28H30N2O5/c1-35-28(34)23(19-11-14-20-12-5-2-6-13-20)29-27(33)25(31)24(21-15-7-3-8-16-21)30-26(32)22-17-9-4-10-18-22/h2-10,12-13,15-18,23-25,31H,11,14,19H2,1H3,(H,29,33)(H,30,32)/t23-,24+,25-/m1/s1. The number of benzene rings is 3. The van der Waals surface area contributed by atoms with Crippen molar-refractivity contribution in [3.8, 4) is 0 Å². The molecule has 7 heteroatoms. The zero-order chi connectivity index (χ0) is 25.0. The quantitative estimate of drug-likeness (QED) is 0.370. The minimum atomic E-state index is -1.63. The molecular weight excluding hydrogens is 444 g/mol. The first-order valence-electron chi connectivity index (χ1n) is 11.5. The molecule has 0 radical (unpaired) electrons. The minimum absolute atomic E-state index is 0.340. The highest BCUT2D eigenvalue weighted by Crippen LogP contribution is 2.19. The van der Waals surface area contributed by atoms with Crippen LogP contribution in [0.5, 0.6) is 0 Å². The molecule has 0 aromatic heterocycles. The number of rotatable bonds is 11. The predicted octanol–water partition coefficient (Wildman–Crippen LogP) is 3.20. The number of aryl methyl sites for hydroxylation is 1. The molecule has 0 saturated heterocycles. The van der Waals surface area contributed by atoms with Crippen LogP contribution in [0.4, 0.5) is 0 Å². The molecule has 3 atom stereocenters. The van der Waals surface area contributed by atoms with E-state index in [9.17, 15) is 19.5 Å². The highest BCUT2D eigenvalue weighted by atomic mass is 16.5. The molecule has 0 aliphatic rings. The number of amides is 2. The largest absolute Gasteiger partial charge is 0.467 e. The number of esters is 1. The molecule has 0 unspecified atom stereocenters. The maximum Gasteiger partial charge on any atom is 0.328 e. The number of aliphatic hydroxyl groups is 1. The fourth-order valence-electron chi connectivity index (χ4n) is 3.77. The number of ether oxygens (including phenoxy) is 1. The third-order valence-electron chi connectivity index (χ3n) is 5.67. The Morgan fingerprint density at radius 3 is 2.00 bits per heavy atom. The number of methoxy groups -OCH3 is 1. The number of carbonyl (C=O) groups excluding carboxylic acids is 3. The van der Waals surface area contributed by atoms with Crippen LogP contribution < -0.4 is 10.6 Å². The normalized spacial score (nSPS) is 13.2. The van der Waals surface area contributed by atoms with Gasteiger partial charge in [0.1, 0.15) is 6.04 Å². The fourth-order valence-corrected chi connectivity index (χ4v) is 3.77. The summed E-state index contributed by atoms with van der Waals surface area (Å²) in [4.78, 5) is 38.1. The van der Waals surface area contributed by atoms with Crippen LogP contribution in [0.15, 0.2) is 91.0 Å². The fraction of sp³-hybridized carbons (Fsp3) is 0.250. The molecule has 3 aromatic rings. The second kappa shape index (κ2) is 13.1. The van der Waals surface area contributed by atoms with Crippen LogP contribution in [0.25, 0.3) is 0 Å². The summed E-state index contributed by atoms with van der Waals surface area (Å²) in [7, 11) is 1.25. The van der Waals surface area contributed by atoms with Gasteiger partial charge in [-0.3, -0.25) is 9.59 Å². The second-order valence-corrected chi connectivity index (χ2v) is 8.13. The number of hydrogen-bond acceptors (Lipinski definition) is 5. The predicted molar refractivity (Wildman–Crippen MR) is 132 cm³/mol. The lowest BCUT2D eigenvalue weighted by Gasteiger charge is -2.26. The monoisotopic (exact) mass is 474 g/mol. The summed E-state index contributed by atoms with van der Waals surface area (Å²) in [6, 6.07) is 25.1. The highest BCUT2D eigenvalue weighted by Gasteiger charge is 2.32. The van der Waals surface area contributed by atoms with E-state index in [1.807, 2.05) is 30.3 Å².